The first-order valence-electron chi connectivity index (χ1n) is 10.1. The molecule has 0 aliphatic carbocycles. The lowest BCUT2D eigenvalue weighted by molar-refractivity contribution is -0.120. The summed E-state index contributed by atoms with van der Waals surface area (Å²) in [6.45, 7) is 3.21. The van der Waals surface area contributed by atoms with Gasteiger partial charge < -0.3 is 10.1 Å². The van der Waals surface area contributed by atoms with Crippen LogP contribution in [0.25, 0.3) is 0 Å². The third-order valence-electron chi connectivity index (χ3n) is 5.07. The Labute approximate surface area is 201 Å². The zero-order valence-electron chi connectivity index (χ0n) is 18.4. The van der Waals surface area contributed by atoms with Gasteiger partial charge in [0.25, 0.3) is 10.0 Å². The highest BCUT2D eigenvalue weighted by Gasteiger charge is 2.28. The van der Waals surface area contributed by atoms with Crippen LogP contribution in [0.4, 0.5) is 10.1 Å². The molecule has 174 valence electrons. The molecular weight excluding hydrogens is 511 g/mol. The summed E-state index contributed by atoms with van der Waals surface area (Å²) in [6.07, 6.45) is 0. The van der Waals surface area contributed by atoms with E-state index < -0.39 is 28.5 Å². The maximum atomic E-state index is 13.5. The third-order valence-corrected chi connectivity index (χ3v) is 7.46. The average Bonchev–Trinajstić information content (AvgIpc) is 2.78. The Hall–Kier alpha value is -2.91. The minimum atomic E-state index is -4.08. The molecular formula is C24H24BrFN2O4S. The molecule has 3 aromatic rings. The minimum Gasteiger partial charge on any atom is -0.496 e. The van der Waals surface area contributed by atoms with E-state index in [0.29, 0.717) is 21.5 Å². The SMILES string of the molecule is COc1ccc(S(=O)(=O)N(CC(=O)NC(C)c2ccc(F)cc2)c2ccc(C)cc2)cc1Br. The minimum absolute atomic E-state index is 0.00938. The van der Waals surface area contributed by atoms with Gasteiger partial charge in [-0.3, -0.25) is 9.10 Å². The number of sulfonamides is 1. The van der Waals surface area contributed by atoms with Crippen molar-refractivity contribution in [1.29, 1.82) is 0 Å². The van der Waals surface area contributed by atoms with Gasteiger partial charge in [0.15, 0.2) is 0 Å². The van der Waals surface area contributed by atoms with E-state index in [-0.39, 0.29) is 10.7 Å². The number of anilines is 1. The van der Waals surface area contributed by atoms with Crippen LogP contribution in [0, 0.1) is 12.7 Å². The van der Waals surface area contributed by atoms with Crippen LogP contribution in [0.2, 0.25) is 0 Å². The number of benzene rings is 3. The van der Waals surface area contributed by atoms with Crippen molar-refractivity contribution in [2.24, 2.45) is 0 Å². The van der Waals surface area contributed by atoms with E-state index in [1.165, 1.54) is 31.4 Å². The highest BCUT2D eigenvalue weighted by molar-refractivity contribution is 9.10. The number of nitrogens with zero attached hydrogens (tertiary/aromatic N) is 1. The Bertz CT molecular complexity index is 1230. The molecule has 0 saturated carbocycles. The second-order valence-corrected chi connectivity index (χ2v) is 10.2. The van der Waals surface area contributed by atoms with Crippen molar-refractivity contribution < 1.29 is 22.3 Å². The average molecular weight is 535 g/mol. The maximum absolute atomic E-state index is 13.5. The van der Waals surface area contributed by atoms with E-state index in [0.717, 1.165) is 9.87 Å². The van der Waals surface area contributed by atoms with Crippen LogP contribution >= 0.6 is 15.9 Å². The van der Waals surface area contributed by atoms with E-state index in [1.54, 1.807) is 49.4 Å². The van der Waals surface area contributed by atoms with Crippen molar-refractivity contribution in [3.05, 3.63) is 88.1 Å². The fraction of sp³-hybridized carbons (Fsp3) is 0.208. The molecule has 0 spiro atoms. The second kappa shape index (κ2) is 10.4. The number of rotatable bonds is 8. The molecule has 0 fully saturated rings. The summed E-state index contributed by atoms with van der Waals surface area (Å²) in [6, 6.07) is 16.6. The maximum Gasteiger partial charge on any atom is 0.264 e. The highest BCUT2D eigenvalue weighted by atomic mass is 79.9. The first-order chi connectivity index (χ1) is 15.6. The van der Waals surface area contributed by atoms with Crippen LogP contribution in [-0.4, -0.2) is 28.0 Å². The number of carbonyl (C=O) groups excluding carboxylic acids is 1. The molecule has 0 aliphatic rings. The molecule has 0 heterocycles. The Balaban J connectivity index is 1.91. The van der Waals surface area contributed by atoms with Gasteiger partial charge in [-0.1, -0.05) is 29.8 Å². The van der Waals surface area contributed by atoms with Crippen molar-refractivity contribution in [3.63, 3.8) is 0 Å². The summed E-state index contributed by atoms with van der Waals surface area (Å²) in [5.74, 6) is -0.384. The fourth-order valence-electron chi connectivity index (χ4n) is 3.21. The van der Waals surface area contributed by atoms with Crippen LogP contribution in [0.1, 0.15) is 24.1 Å². The van der Waals surface area contributed by atoms with Crippen LogP contribution < -0.4 is 14.4 Å². The van der Waals surface area contributed by atoms with Gasteiger partial charge in [0.2, 0.25) is 5.91 Å². The predicted molar refractivity (Wildman–Crippen MR) is 129 cm³/mol. The Kier molecular flexibility index (Phi) is 7.76. The van der Waals surface area contributed by atoms with Gasteiger partial charge >= 0.3 is 0 Å². The Morgan fingerprint density at radius 1 is 1.09 bits per heavy atom. The quantitative estimate of drug-likeness (QED) is 0.442. The number of nitrogens with one attached hydrogen (secondary N) is 1. The number of amides is 1. The van der Waals surface area contributed by atoms with Gasteiger partial charge in [-0.25, -0.2) is 12.8 Å². The number of hydrogen-bond donors (Lipinski definition) is 1. The van der Waals surface area contributed by atoms with Gasteiger partial charge in [-0.2, -0.15) is 0 Å². The molecule has 0 radical (unpaired) electrons. The molecule has 1 atom stereocenters. The lowest BCUT2D eigenvalue weighted by Gasteiger charge is -2.25. The molecule has 1 amide bonds. The first kappa shape index (κ1) is 24.7. The molecule has 3 rings (SSSR count). The van der Waals surface area contributed by atoms with E-state index >= 15 is 0 Å². The smallest absolute Gasteiger partial charge is 0.264 e. The lowest BCUT2D eigenvalue weighted by atomic mass is 10.1. The third kappa shape index (κ3) is 5.91. The second-order valence-electron chi connectivity index (χ2n) is 7.48. The highest BCUT2D eigenvalue weighted by Crippen LogP contribution is 2.31. The summed E-state index contributed by atoms with van der Waals surface area (Å²) >= 11 is 3.32. The number of hydrogen-bond acceptors (Lipinski definition) is 4. The number of aryl methyl sites for hydroxylation is 1. The molecule has 33 heavy (non-hydrogen) atoms. The largest absolute Gasteiger partial charge is 0.496 e. The summed E-state index contributed by atoms with van der Waals surface area (Å²) in [5.41, 5.74) is 2.02. The van der Waals surface area contributed by atoms with E-state index in [2.05, 4.69) is 21.2 Å². The zero-order chi connectivity index (χ0) is 24.2. The van der Waals surface area contributed by atoms with Gasteiger partial charge in [-0.15, -0.1) is 0 Å². The molecule has 0 aromatic heterocycles. The van der Waals surface area contributed by atoms with Gasteiger partial charge in [0.1, 0.15) is 18.1 Å². The van der Waals surface area contributed by atoms with Crippen LogP contribution in [0.5, 0.6) is 5.75 Å². The Morgan fingerprint density at radius 3 is 2.30 bits per heavy atom. The molecule has 1 unspecified atom stereocenters. The first-order valence-corrected chi connectivity index (χ1v) is 12.3. The van der Waals surface area contributed by atoms with Crippen molar-refractivity contribution >= 4 is 37.5 Å². The van der Waals surface area contributed by atoms with Crippen molar-refractivity contribution in [2.45, 2.75) is 24.8 Å². The fourth-order valence-corrected chi connectivity index (χ4v) is 5.35. The summed E-state index contributed by atoms with van der Waals surface area (Å²) < 4.78 is 47.0. The van der Waals surface area contributed by atoms with Crippen LogP contribution in [0.15, 0.2) is 76.1 Å². The monoisotopic (exact) mass is 534 g/mol. The van der Waals surface area contributed by atoms with E-state index in [9.17, 15) is 17.6 Å². The molecule has 3 aromatic carbocycles. The van der Waals surface area contributed by atoms with Gasteiger partial charge in [-0.05, 0) is 77.8 Å². The number of carbonyl (C=O) groups is 1. The molecule has 1 N–H and O–H groups in total. The molecule has 0 bridgehead atoms. The standard InChI is InChI=1S/C24H24BrFN2O4S/c1-16-4-10-20(11-5-16)28(33(30,31)21-12-13-23(32-3)22(25)14-21)15-24(29)27-17(2)18-6-8-19(26)9-7-18/h4-14,17H,15H2,1-3H3,(H,27,29). The van der Waals surface area contributed by atoms with Gasteiger partial charge in [0, 0.05) is 0 Å². The summed E-state index contributed by atoms with van der Waals surface area (Å²) in [4.78, 5) is 12.9. The zero-order valence-corrected chi connectivity index (χ0v) is 20.8. The normalized spacial score (nSPS) is 12.2. The number of ether oxygens (including phenoxy) is 1. The molecule has 6 nitrogen and oxygen atoms in total. The number of methoxy groups -OCH3 is 1. The Morgan fingerprint density at radius 2 is 1.73 bits per heavy atom. The van der Waals surface area contributed by atoms with Crippen molar-refractivity contribution in [2.75, 3.05) is 18.0 Å². The van der Waals surface area contributed by atoms with Gasteiger partial charge in [0.05, 0.1) is 28.2 Å². The van der Waals surface area contributed by atoms with E-state index in [1.807, 2.05) is 6.92 Å². The summed E-state index contributed by atoms with van der Waals surface area (Å²) in [7, 11) is -2.59. The topological polar surface area (TPSA) is 75.7 Å². The summed E-state index contributed by atoms with van der Waals surface area (Å²) in [5, 5.41) is 2.78. The molecule has 9 heteroatoms. The lowest BCUT2D eigenvalue weighted by Crippen LogP contribution is -2.41. The van der Waals surface area contributed by atoms with Crippen molar-refractivity contribution in [3.8, 4) is 5.75 Å². The molecule has 0 aliphatic heterocycles. The number of halogens is 2. The van der Waals surface area contributed by atoms with E-state index in [4.69, 9.17) is 4.74 Å². The van der Waals surface area contributed by atoms with Crippen LogP contribution in [-0.2, 0) is 14.8 Å². The van der Waals surface area contributed by atoms with Crippen molar-refractivity contribution in [1.82, 2.24) is 5.32 Å². The molecule has 0 saturated heterocycles. The predicted octanol–water partition coefficient (Wildman–Crippen LogP) is 4.98. The van der Waals surface area contributed by atoms with Crippen LogP contribution in [0.3, 0.4) is 0 Å².